The van der Waals surface area contributed by atoms with Gasteiger partial charge in [-0.25, -0.2) is 14.2 Å². The molecule has 0 saturated carbocycles. The van der Waals surface area contributed by atoms with E-state index in [1.54, 1.807) is 24.3 Å². The number of nitrogens with one attached hydrogen (secondary N) is 1. The fourth-order valence-electron chi connectivity index (χ4n) is 2.52. The van der Waals surface area contributed by atoms with Crippen LogP contribution in [-0.2, 0) is 11.3 Å². The number of benzene rings is 2. The van der Waals surface area contributed by atoms with Gasteiger partial charge in [-0.3, -0.25) is 4.79 Å². The number of aromatic nitrogens is 2. The molecule has 0 saturated heterocycles. The van der Waals surface area contributed by atoms with Crippen molar-refractivity contribution in [3.63, 3.8) is 0 Å². The average molecular weight is 338 g/mol. The minimum atomic E-state index is -0.729. The topological polar surface area (TPSA) is 85.2 Å². The van der Waals surface area contributed by atoms with Crippen molar-refractivity contribution in [3.8, 4) is 0 Å². The standard InChI is InChI=1S/C18H11FN2O4/c19-11-5-6-14-10(7-11)8-15(25-14)18(23)24-9-16-20-13-4-2-1-3-12(13)17(22)21-16/h1-8H,9H2,(H,20,21,22). The van der Waals surface area contributed by atoms with Crippen LogP contribution in [0.4, 0.5) is 4.39 Å². The predicted molar refractivity (Wildman–Crippen MR) is 87.7 cm³/mol. The van der Waals surface area contributed by atoms with E-state index in [-0.39, 0.29) is 23.8 Å². The van der Waals surface area contributed by atoms with Gasteiger partial charge in [-0.2, -0.15) is 0 Å². The van der Waals surface area contributed by atoms with Crippen LogP contribution < -0.4 is 5.56 Å². The van der Waals surface area contributed by atoms with E-state index in [2.05, 4.69) is 9.97 Å². The number of hydrogen-bond donors (Lipinski definition) is 1. The Balaban J connectivity index is 1.55. The molecule has 0 radical (unpaired) electrons. The van der Waals surface area contributed by atoms with E-state index in [1.807, 2.05) is 0 Å². The SMILES string of the molecule is O=C(OCc1nc2ccccc2c(=O)[nH]1)c1cc2cc(F)ccc2o1. The third-order valence-corrected chi connectivity index (χ3v) is 3.68. The van der Waals surface area contributed by atoms with Crippen LogP contribution >= 0.6 is 0 Å². The number of fused-ring (bicyclic) bond motifs is 2. The van der Waals surface area contributed by atoms with Gasteiger partial charge < -0.3 is 14.1 Å². The van der Waals surface area contributed by atoms with Gasteiger partial charge in [-0.05, 0) is 36.4 Å². The Bertz CT molecular complexity index is 1160. The Hall–Kier alpha value is -3.48. The summed E-state index contributed by atoms with van der Waals surface area (Å²) in [6.45, 7) is -0.218. The number of aromatic amines is 1. The number of carbonyl (C=O) groups is 1. The number of rotatable bonds is 3. The van der Waals surface area contributed by atoms with Gasteiger partial charge in [0, 0.05) is 5.39 Å². The number of esters is 1. The van der Waals surface area contributed by atoms with Gasteiger partial charge in [0.05, 0.1) is 10.9 Å². The van der Waals surface area contributed by atoms with Crippen LogP contribution in [0, 0.1) is 5.82 Å². The summed E-state index contributed by atoms with van der Waals surface area (Å²) in [4.78, 5) is 30.9. The van der Waals surface area contributed by atoms with E-state index in [4.69, 9.17) is 9.15 Å². The molecular formula is C18H11FN2O4. The lowest BCUT2D eigenvalue weighted by atomic mass is 10.2. The molecule has 25 heavy (non-hydrogen) atoms. The van der Waals surface area contributed by atoms with Gasteiger partial charge in [0.25, 0.3) is 5.56 Å². The summed E-state index contributed by atoms with van der Waals surface area (Å²) in [7, 11) is 0. The molecule has 0 aliphatic rings. The number of ether oxygens (including phenoxy) is 1. The summed E-state index contributed by atoms with van der Waals surface area (Å²) >= 11 is 0. The van der Waals surface area contributed by atoms with Crippen LogP contribution in [0.5, 0.6) is 0 Å². The second-order valence-electron chi connectivity index (χ2n) is 5.40. The molecule has 0 unspecified atom stereocenters. The Kier molecular flexibility index (Phi) is 3.53. The quantitative estimate of drug-likeness (QED) is 0.580. The predicted octanol–water partition coefficient (Wildman–Crippen LogP) is 3.17. The second kappa shape index (κ2) is 5.86. The molecule has 1 N–H and O–H groups in total. The van der Waals surface area contributed by atoms with Gasteiger partial charge in [0.15, 0.2) is 0 Å². The lowest BCUT2D eigenvalue weighted by Gasteiger charge is -2.03. The monoisotopic (exact) mass is 338 g/mol. The summed E-state index contributed by atoms with van der Waals surface area (Å²) < 4.78 is 23.6. The number of para-hydroxylation sites is 1. The van der Waals surface area contributed by atoms with Crippen molar-refractivity contribution in [3.05, 3.63) is 76.3 Å². The molecule has 2 aromatic carbocycles. The summed E-state index contributed by atoms with van der Waals surface area (Å²) in [6.07, 6.45) is 0. The van der Waals surface area contributed by atoms with E-state index < -0.39 is 11.8 Å². The zero-order chi connectivity index (χ0) is 17.4. The molecule has 0 aliphatic heterocycles. The first-order valence-electron chi connectivity index (χ1n) is 7.44. The Morgan fingerprint density at radius 3 is 2.92 bits per heavy atom. The number of carbonyl (C=O) groups excluding carboxylic acids is 1. The summed E-state index contributed by atoms with van der Waals surface area (Å²) in [5, 5.41) is 0.918. The first kappa shape index (κ1) is 15.1. The molecule has 124 valence electrons. The number of halogens is 1. The molecule has 0 amide bonds. The van der Waals surface area contributed by atoms with Crippen molar-refractivity contribution < 1.29 is 18.3 Å². The molecule has 6 nitrogen and oxygen atoms in total. The molecular weight excluding hydrogens is 327 g/mol. The van der Waals surface area contributed by atoms with Crippen molar-refractivity contribution in [2.45, 2.75) is 6.61 Å². The molecule has 4 aromatic rings. The molecule has 0 atom stereocenters. The summed E-state index contributed by atoms with van der Waals surface area (Å²) in [5.41, 5.74) is 0.581. The lowest BCUT2D eigenvalue weighted by molar-refractivity contribution is 0.0428. The second-order valence-corrected chi connectivity index (χ2v) is 5.40. The van der Waals surface area contributed by atoms with E-state index in [0.717, 1.165) is 0 Å². The van der Waals surface area contributed by atoms with Gasteiger partial charge >= 0.3 is 5.97 Å². The van der Waals surface area contributed by atoms with Crippen LogP contribution in [-0.4, -0.2) is 15.9 Å². The van der Waals surface area contributed by atoms with Crippen LogP contribution in [0.2, 0.25) is 0 Å². The van der Waals surface area contributed by atoms with Crippen molar-refractivity contribution in [1.29, 1.82) is 0 Å². The number of hydrogen-bond acceptors (Lipinski definition) is 5. The van der Waals surface area contributed by atoms with Gasteiger partial charge in [0.1, 0.15) is 23.8 Å². The maximum Gasteiger partial charge on any atom is 0.374 e. The molecule has 0 spiro atoms. The summed E-state index contributed by atoms with van der Waals surface area (Å²) in [5.74, 6) is -0.985. The molecule has 0 bridgehead atoms. The normalized spacial score (nSPS) is 11.1. The zero-order valence-corrected chi connectivity index (χ0v) is 12.8. The minimum Gasteiger partial charge on any atom is -0.452 e. The number of H-pyrrole nitrogens is 1. The highest BCUT2D eigenvalue weighted by molar-refractivity contribution is 5.92. The van der Waals surface area contributed by atoms with Crippen molar-refractivity contribution in [2.24, 2.45) is 0 Å². The lowest BCUT2D eigenvalue weighted by Crippen LogP contribution is -2.14. The van der Waals surface area contributed by atoms with Crippen LogP contribution in [0.3, 0.4) is 0 Å². The van der Waals surface area contributed by atoms with E-state index in [1.165, 1.54) is 24.3 Å². The Morgan fingerprint density at radius 1 is 1.20 bits per heavy atom. The molecule has 2 aromatic heterocycles. The molecule has 0 aliphatic carbocycles. The summed E-state index contributed by atoms with van der Waals surface area (Å²) in [6, 6.07) is 12.2. The third kappa shape index (κ3) is 2.87. The van der Waals surface area contributed by atoms with Gasteiger partial charge in [0.2, 0.25) is 5.76 Å². The van der Waals surface area contributed by atoms with Crippen LogP contribution in [0.25, 0.3) is 21.9 Å². The van der Waals surface area contributed by atoms with Gasteiger partial charge in [-0.15, -0.1) is 0 Å². The average Bonchev–Trinajstić information content (AvgIpc) is 3.03. The highest BCUT2D eigenvalue weighted by atomic mass is 19.1. The Labute approximate surface area is 139 Å². The van der Waals surface area contributed by atoms with Crippen molar-refractivity contribution in [1.82, 2.24) is 9.97 Å². The molecule has 7 heteroatoms. The van der Waals surface area contributed by atoms with E-state index >= 15 is 0 Å². The Morgan fingerprint density at radius 2 is 2.04 bits per heavy atom. The third-order valence-electron chi connectivity index (χ3n) is 3.68. The van der Waals surface area contributed by atoms with Crippen molar-refractivity contribution in [2.75, 3.05) is 0 Å². The molecule has 0 fully saturated rings. The number of furan rings is 1. The molecule has 2 heterocycles. The smallest absolute Gasteiger partial charge is 0.374 e. The van der Waals surface area contributed by atoms with E-state index in [9.17, 15) is 14.0 Å². The van der Waals surface area contributed by atoms with Crippen LogP contribution in [0.1, 0.15) is 16.4 Å². The first-order chi connectivity index (χ1) is 12.1. The van der Waals surface area contributed by atoms with Gasteiger partial charge in [-0.1, -0.05) is 12.1 Å². The van der Waals surface area contributed by atoms with Crippen molar-refractivity contribution >= 4 is 27.8 Å². The fraction of sp³-hybridized carbons (Fsp3) is 0.0556. The highest BCUT2D eigenvalue weighted by Crippen LogP contribution is 2.21. The maximum atomic E-state index is 13.2. The zero-order valence-electron chi connectivity index (χ0n) is 12.8. The fourth-order valence-corrected chi connectivity index (χ4v) is 2.52. The first-order valence-corrected chi connectivity index (χ1v) is 7.44. The van der Waals surface area contributed by atoms with E-state index in [0.29, 0.717) is 21.9 Å². The number of nitrogens with zero attached hydrogens (tertiary/aromatic N) is 1. The molecule has 4 rings (SSSR count). The highest BCUT2D eigenvalue weighted by Gasteiger charge is 2.15. The van der Waals surface area contributed by atoms with Crippen LogP contribution in [0.15, 0.2) is 57.7 Å². The maximum absolute atomic E-state index is 13.2. The largest absolute Gasteiger partial charge is 0.452 e. The minimum absolute atomic E-state index is 0.0521.